The van der Waals surface area contributed by atoms with Gasteiger partial charge in [-0.3, -0.25) is 9.69 Å². The third-order valence-electron chi connectivity index (χ3n) is 8.84. The van der Waals surface area contributed by atoms with Gasteiger partial charge in [0, 0.05) is 37.9 Å². The zero-order valence-corrected chi connectivity index (χ0v) is 22.3. The molecule has 1 aromatic heterocycles. The maximum Gasteiger partial charge on any atom is 0.320 e. The molecule has 0 spiro atoms. The number of aromatic nitrogens is 2. The predicted octanol–water partition coefficient (Wildman–Crippen LogP) is 4.95. The number of nitrogens with zero attached hydrogens (tertiary/aromatic N) is 4. The number of rotatable bonds is 10. The van der Waals surface area contributed by atoms with Crippen LogP contribution in [0.15, 0.2) is 59.1 Å². The van der Waals surface area contributed by atoms with E-state index in [1.807, 2.05) is 24.3 Å². The smallest absolute Gasteiger partial charge is 0.320 e. The van der Waals surface area contributed by atoms with Gasteiger partial charge in [-0.15, -0.1) is 0 Å². The minimum absolute atomic E-state index is 0.121. The monoisotopic (exact) mass is 532 g/mol. The van der Waals surface area contributed by atoms with Crippen LogP contribution >= 0.6 is 0 Å². The van der Waals surface area contributed by atoms with E-state index in [4.69, 9.17) is 9.51 Å². The molecule has 0 amide bonds. The molecule has 3 heterocycles. The minimum atomic E-state index is -0.729. The normalized spacial score (nSPS) is 23.7. The van der Waals surface area contributed by atoms with E-state index in [9.17, 15) is 14.3 Å². The highest BCUT2D eigenvalue weighted by Crippen LogP contribution is 2.40. The molecular formula is C31H37FN4O3. The number of carboxylic acids is 1. The van der Waals surface area contributed by atoms with Gasteiger partial charge in [-0.2, -0.15) is 4.98 Å². The van der Waals surface area contributed by atoms with Crippen LogP contribution in [-0.4, -0.2) is 69.8 Å². The lowest BCUT2D eigenvalue weighted by atomic mass is 9.87. The molecule has 1 aliphatic carbocycles. The summed E-state index contributed by atoms with van der Waals surface area (Å²) in [4.78, 5) is 21.5. The fourth-order valence-corrected chi connectivity index (χ4v) is 6.51. The maximum absolute atomic E-state index is 14.2. The van der Waals surface area contributed by atoms with E-state index >= 15 is 0 Å². The Kier molecular flexibility index (Phi) is 7.75. The molecule has 3 aromatic rings. The van der Waals surface area contributed by atoms with Crippen molar-refractivity contribution in [3.63, 3.8) is 0 Å². The number of hydrogen-bond acceptors (Lipinski definition) is 6. The number of carboxylic acid groups (broad SMARTS) is 1. The average molecular weight is 533 g/mol. The molecule has 206 valence electrons. The van der Waals surface area contributed by atoms with Gasteiger partial charge in [0.15, 0.2) is 5.82 Å². The first-order valence-corrected chi connectivity index (χ1v) is 14.3. The zero-order chi connectivity index (χ0) is 26.8. The van der Waals surface area contributed by atoms with Gasteiger partial charge in [-0.25, -0.2) is 4.39 Å². The summed E-state index contributed by atoms with van der Waals surface area (Å²) in [5.41, 5.74) is 2.14. The van der Waals surface area contributed by atoms with Gasteiger partial charge >= 0.3 is 5.97 Å². The molecule has 3 unspecified atom stereocenters. The molecule has 3 atom stereocenters. The van der Waals surface area contributed by atoms with Crippen LogP contribution in [0.1, 0.15) is 66.8 Å². The Bertz CT molecular complexity index is 1260. The summed E-state index contributed by atoms with van der Waals surface area (Å²) < 4.78 is 19.8. The van der Waals surface area contributed by atoms with Gasteiger partial charge in [0.25, 0.3) is 0 Å². The van der Waals surface area contributed by atoms with Gasteiger partial charge < -0.3 is 14.5 Å². The summed E-state index contributed by atoms with van der Waals surface area (Å²) in [7, 11) is 0. The summed E-state index contributed by atoms with van der Waals surface area (Å²) in [5.74, 6) is 1.66. The van der Waals surface area contributed by atoms with E-state index in [0.717, 1.165) is 75.6 Å². The standard InChI is InChI=1S/C31H37FN4O3/c32-26-8-4-7-24(17-26)27-20-36(28(31(37)38)15-22-9-10-22)19-25(27)18-35-13-11-23(12-14-35)30-33-29(34-39-30)16-21-5-2-1-3-6-21/h1-8,17,22-23,25,27-28H,9-16,18-20H2,(H,37,38). The first kappa shape index (κ1) is 26.1. The fourth-order valence-electron chi connectivity index (χ4n) is 6.51. The van der Waals surface area contributed by atoms with Crippen LogP contribution in [0.2, 0.25) is 0 Å². The van der Waals surface area contributed by atoms with E-state index in [2.05, 4.69) is 27.1 Å². The van der Waals surface area contributed by atoms with Gasteiger partial charge in [0.05, 0.1) is 0 Å². The van der Waals surface area contributed by atoms with Crippen LogP contribution in [0.3, 0.4) is 0 Å². The number of piperidine rings is 1. The van der Waals surface area contributed by atoms with Gasteiger partial charge in [0.2, 0.25) is 5.89 Å². The van der Waals surface area contributed by atoms with Crippen molar-refractivity contribution in [3.8, 4) is 0 Å². The van der Waals surface area contributed by atoms with Gasteiger partial charge in [-0.05, 0) is 67.4 Å². The van der Waals surface area contributed by atoms with Crippen molar-refractivity contribution in [2.75, 3.05) is 32.7 Å². The Hall–Kier alpha value is -3.10. The quantitative estimate of drug-likeness (QED) is 0.396. The lowest BCUT2D eigenvalue weighted by molar-refractivity contribution is -0.143. The van der Waals surface area contributed by atoms with Crippen LogP contribution in [0, 0.1) is 17.7 Å². The summed E-state index contributed by atoms with van der Waals surface area (Å²) in [6, 6.07) is 16.6. The first-order chi connectivity index (χ1) is 19.0. The van der Waals surface area contributed by atoms with Crippen molar-refractivity contribution in [1.82, 2.24) is 19.9 Å². The lowest BCUT2D eigenvalue weighted by Gasteiger charge is -2.33. The lowest BCUT2D eigenvalue weighted by Crippen LogP contribution is -2.41. The van der Waals surface area contributed by atoms with Crippen molar-refractivity contribution in [2.45, 2.75) is 56.4 Å². The van der Waals surface area contributed by atoms with Crippen LogP contribution in [0.5, 0.6) is 0 Å². The number of likely N-dealkylation sites (tertiary alicyclic amines) is 2. The summed E-state index contributed by atoms with van der Waals surface area (Å²) in [5, 5.41) is 14.2. The van der Waals surface area contributed by atoms with Crippen LogP contribution in [0.4, 0.5) is 4.39 Å². The largest absolute Gasteiger partial charge is 0.480 e. The Morgan fingerprint density at radius 1 is 1.05 bits per heavy atom. The average Bonchev–Trinajstić information content (AvgIpc) is 3.49. The van der Waals surface area contributed by atoms with E-state index < -0.39 is 12.0 Å². The second-order valence-corrected chi connectivity index (χ2v) is 11.7. The molecule has 1 saturated carbocycles. The molecule has 2 saturated heterocycles. The molecule has 1 N–H and O–H groups in total. The molecule has 0 radical (unpaired) electrons. The number of halogens is 1. The minimum Gasteiger partial charge on any atom is -0.480 e. The van der Waals surface area contributed by atoms with Gasteiger partial charge in [-0.1, -0.05) is 60.5 Å². The number of aliphatic carboxylic acids is 1. The van der Waals surface area contributed by atoms with E-state index in [0.29, 0.717) is 18.9 Å². The van der Waals surface area contributed by atoms with Crippen LogP contribution < -0.4 is 0 Å². The highest BCUT2D eigenvalue weighted by molar-refractivity contribution is 5.73. The molecule has 6 rings (SSSR count). The van der Waals surface area contributed by atoms with E-state index in [-0.39, 0.29) is 23.6 Å². The Labute approximate surface area is 229 Å². The van der Waals surface area contributed by atoms with Crippen molar-refractivity contribution in [2.24, 2.45) is 11.8 Å². The molecule has 2 aliphatic heterocycles. The molecule has 7 nitrogen and oxygen atoms in total. The first-order valence-electron chi connectivity index (χ1n) is 14.3. The molecule has 3 aliphatic rings. The molecule has 3 fully saturated rings. The summed E-state index contributed by atoms with van der Waals surface area (Å²) >= 11 is 0. The molecule has 39 heavy (non-hydrogen) atoms. The number of hydrogen-bond donors (Lipinski definition) is 1. The van der Waals surface area contributed by atoms with Gasteiger partial charge in [0.1, 0.15) is 11.9 Å². The van der Waals surface area contributed by atoms with E-state index in [1.54, 1.807) is 12.1 Å². The predicted molar refractivity (Wildman–Crippen MR) is 145 cm³/mol. The third kappa shape index (κ3) is 6.39. The molecular weight excluding hydrogens is 495 g/mol. The van der Waals surface area contributed by atoms with Crippen molar-refractivity contribution < 1.29 is 18.8 Å². The number of carbonyl (C=O) groups is 1. The second kappa shape index (κ2) is 11.6. The number of benzene rings is 2. The zero-order valence-electron chi connectivity index (χ0n) is 22.3. The van der Waals surface area contributed by atoms with Crippen LogP contribution in [-0.2, 0) is 11.2 Å². The van der Waals surface area contributed by atoms with Crippen molar-refractivity contribution in [1.29, 1.82) is 0 Å². The highest BCUT2D eigenvalue weighted by atomic mass is 19.1. The van der Waals surface area contributed by atoms with Crippen molar-refractivity contribution >= 4 is 5.97 Å². The molecule has 8 heteroatoms. The Morgan fingerprint density at radius 2 is 1.85 bits per heavy atom. The van der Waals surface area contributed by atoms with Crippen LogP contribution in [0.25, 0.3) is 0 Å². The van der Waals surface area contributed by atoms with E-state index in [1.165, 1.54) is 11.6 Å². The Balaban J connectivity index is 1.09. The summed E-state index contributed by atoms with van der Waals surface area (Å²) in [6.45, 7) is 4.14. The highest BCUT2D eigenvalue weighted by Gasteiger charge is 2.42. The SMILES string of the molecule is O=C(O)C(CC1CC1)N1CC(CN2CCC(c3nc(Cc4ccccc4)no3)CC2)C(c2cccc(F)c2)C1. The second-order valence-electron chi connectivity index (χ2n) is 11.7. The topological polar surface area (TPSA) is 82.7 Å². The Morgan fingerprint density at radius 3 is 2.56 bits per heavy atom. The fraction of sp³-hybridized carbons (Fsp3) is 0.516. The molecule has 2 aromatic carbocycles. The summed E-state index contributed by atoms with van der Waals surface area (Å²) in [6.07, 6.45) is 5.57. The molecule has 0 bridgehead atoms. The van der Waals surface area contributed by atoms with Crippen molar-refractivity contribution in [3.05, 3.63) is 83.3 Å². The maximum atomic E-state index is 14.2. The third-order valence-corrected chi connectivity index (χ3v) is 8.84.